The molecule has 3 nitrogen and oxygen atoms in total. The number of aryl methyl sites for hydroxylation is 1. The normalized spacial score (nSPS) is 10.1. The minimum atomic E-state index is 0.545. The maximum Gasteiger partial charge on any atom is 0.123 e. The topological polar surface area (TPSA) is 48.1 Å². The van der Waals surface area contributed by atoms with Crippen LogP contribution in [0.3, 0.4) is 0 Å². The van der Waals surface area contributed by atoms with Gasteiger partial charge in [-0.2, -0.15) is 0 Å². The van der Waals surface area contributed by atoms with Gasteiger partial charge in [-0.25, -0.2) is 0 Å². The number of pyridine rings is 1. The Morgan fingerprint density at radius 1 is 1.19 bits per heavy atom. The predicted molar refractivity (Wildman–Crippen MR) is 64.2 cm³/mol. The van der Waals surface area contributed by atoms with Gasteiger partial charge in [0.25, 0.3) is 0 Å². The van der Waals surface area contributed by atoms with Gasteiger partial charge in [-0.15, -0.1) is 0 Å². The van der Waals surface area contributed by atoms with Gasteiger partial charge in [0.2, 0.25) is 0 Å². The second kappa shape index (κ2) is 4.66. The Morgan fingerprint density at radius 3 is 2.62 bits per heavy atom. The van der Waals surface area contributed by atoms with E-state index in [0.717, 1.165) is 22.7 Å². The maximum absolute atomic E-state index is 5.63. The third-order valence-corrected chi connectivity index (χ3v) is 2.25. The second-order valence-electron chi connectivity index (χ2n) is 3.66. The van der Waals surface area contributed by atoms with E-state index in [-0.39, 0.29) is 0 Å². The summed E-state index contributed by atoms with van der Waals surface area (Å²) in [6.45, 7) is 2.49. The van der Waals surface area contributed by atoms with Crippen molar-refractivity contribution in [2.45, 2.75) is 13.5 Å². The average molecular weight is 214 g/mol. The molecule has 2 N–H and O–H groups in total. The first-order chi connectivity index (χ1) is 7.74. The number of aromatic nitrogens is 1. The highest BCUT2D eigenvalue weighted by molar-refractivity contribution is 5.39. The Kier molecular flexibility index (Phi) is 3.05. The fourth-order valence-electron chi connectivity index (χ4n) is 1.39. The molecule has 0 aliphatic heterocycles. The Labute approximate surface area is 94.9 Å². The molecular formula is C13H14N2O. The van der Waals surface area contributed by atoms with E-state index in [4.69, 9.17) is 10.5 Å². The van der Waals surface area contributed by atoms with Crippen molar-refractivity contribution in [1.29, 1.82) is 0 Å². The lowest BCUT2D eigenvalue weighted by Gasteiger charge is -2.06. The van der Waals surface area contributed by atoms with Crippen molar-refractivity contribution >= 4 is 5.69 Å². The molecule has 0 saturated heterocycles. The first-order valence-electron chi connectivity index (χ1n) is 5.14. The van der Waals surface area contributed by atoms with E-state index < -0.39 is 0 Å². The first kappa shape index (κ1) is 10.5. The largest absolute Gasteiger partial charge is 0.489 e. The minimum absolute atomic E-state index is 0.545. The summed E-state index contributed by atoms with van der Waals surface area (Å²) in [5.74, 6) is 0.837. The molecule has 16 heavy (non-hydrogen) atoms. The molecule has 0 unspecified atom stereocenters. The van der Waals surface area contributed by atoms with Crippen LogP contribution in [0.15, 0.2) is 42.6 Å². The maximum atomic E-state index is 5.63. The molecule has 0 bridgehead atoms. The zero-order valence-corrected chi connectivity index (χ0v) is 9.18. The van der Waals surface area contributed by atoms with Crippen LogP contribution in [0.2, 0.25) is 0 Å². The summed E-state index contributed by atoms with van der Waals surface area (Å²) in [5, 5.41) is 0. The van der Waals surface area contributed by atoms with Crippen LogP contribution in [-0.4, -0.2) is 4.98 Å². The number of ether oxygens (including phenoxy) is 1. The smallest absolute Gasteiger partial charge is 0.123 e. The van der Waals surface area contributed by atoms with Crippen LogP contribution < -0.4 is 10.5 Å². The molecule has 1 heterocycles. The number of nitrogens with two attached hydrogens (primary N) is 1. The van der Waals surface area contributed by atoms with E-state index in [0.29, 0.717) is 6.61 Å². The van der Waals surface area contributed by atoms with Crippen LogP contribution in [0, 0.1) is 6.92 Å². The highest BCUT2D eigenvalue weighted by atomic mass is 16.5. The Hall–Kier alpha value is -2.03. The molecule has 1 aromatic carbocycles. The van der Waals surface area contributed by atoms with Crippen LogP contribution in [-0.2, 0) is 6.61 Å². The molecule has 2 aromatic rings. The number of hydrogen-bond acceptors (Lipinski definition) is 3. The van der Waals surface area contributed by atoms with Crippen LogP contribution in [0.5, 0.6) is 5.75 Å². The summed E-state index contributed by atoms with van der Waals surface area (Å²) in [5.41, 5.74) is 8.43. The molecule has 0 radical (unpaired) electrons. The van der Waals surface area contributed by atoms with Crippen LogP contribution in [0.25, 0.3) is 0 Å². The number of nitrogen functional groups attached to an aromatic ring is 1. The van der Waals surface area contributed by atoms with Gasteiger partial charge in [0.05, 0.1) is 0 Å². The molecular weight excluding hydrogens is 200 g/mol. The van der Waals surface area contributed by atoms with Gasteiger partial charge in [0, 0.05) is 23.6 Å². The van der Waals surface area contributed by atoms with E-state index in [9.17, 15) is 0 Å². The van der Waals surface area contributed by atoms with Gasteiger partial charge in [-0.3, -0.25) is 4.98 Å². The summed E-state index contributed by atoms with van der Waals surface area (Å²) in [6, 6.07) is 11.4. The lowest BCUT2D eigenvalue weighted by atomic mass is 10.2. The molecule has 1 aromatic heterocycles. The Balaban J connectivity index is 1.99. The van der Waals surface area contributed by atoms with Crippen molar-refractivity contribution < 1.29 is 4.74 Å². The van der Waals surface area contributed by atoms with Crippen molar-refractivity contribution in [2.24, 2.45) is 0 Å². The monoisotopic (exact) mass is 214 g/mol. The van der Waals surface area contributed by atoms with Gasteiger partial charge in [0.15, 0.2) is 0 Å². The molecule has 0 aliphatic rings. The molecule has 2 rings (SSSR count). The zero-order chi connectivity index (χ0) is 11.4. The fourth-order valence-corrected chi connectivity index (χ4v) is 1.39. The molecule has 0 saturated carbocycles. The van der Waals surface area contributed by atoms with E-state index in [1.54, 1.807) is 6.20 Å². The highest BCUT2D eigenvalue weighted by Gasteiger charge is 1.96. The van der Waals surface area contributed by atoms with Crippen molar-refractivity contribution in [3.8, 4) is 5.75 Å². The zero-order valence-electron chi connectivity index (χ0n) is 9.18. The first-order valence-corrected chi connectivity index (χ1v) is 5.14. The lowest BCUT2D eigenvalue weighted by Crippen LogP contribution is -1.96. The summed E-state index contributed by atoms with van der Waals surface area (Å²) in [4.78, 5) is 4.11. The van der Waals surface area contributed by atoms with E-state index in [1.807, 2.05) is 43.3 Å². The van der Waals surface area contributed by atoms with Crippen molar-refractivity contribution in [2.75, 3.05) is 5.73 Å². The standard InChI is InChI=1S/C13H14N2O/c1-10-8-13(6-7-15-10)16-9-11-2-4-12(14)5-3-11/h2-8H,9,14H2,1H3. The van der Waals surface area contributed by atoms with Gasteiger partial charge in [-0.1, -0.05) is 12.1 Å². The Morgan fingerprint density at radius 2 is 1.94 bits per heavy atom. The number of benzene rings is 1. The van der Waals surface area contributed by atoms with Crippen molar-refractivity contribution in [3.63, 3.8) is 0 Å². The third kappa shape index (κ3) is 2.73. The fraction of sp³-hybridized carbons (Fsp3) is 0.154. The van der Waals surface area contributed by atoms with Crippen LogP contribution in [0.4, 0.5) is 5.69 Å². The predicted octanol–water partition coefficient (Wildman–Crippen LogP) is 2.55. The lowest BCUT2D eigenvalue weighted by molar-refractivity contribution is 0.305. The highest BCUT2D eigenvalue weighted by Crippen LogP contribution is 2.13. The quantitative estimate of drug-likeness (QED) is 0.799. The number of anilines is 1. The second-order valence-corrected chi connectivity index (χ2v) is 3.66. The van der Waals surface area contributed by atoms with Gasteiger partial charge < -0.3 is 10.5 Å². The molecule has 0 atom stereocenters. The summed E-state index contributed by atoms with van der Waals surface area (Å²) in [6.07, 6.45) is 1.74. The number of nitrogens with zero attached hydrogens (tertiary/aromatic N) is 1. The molecule has 0 spiro atoms. The van der Waals surface area contributed by atoms with Crippen molar-refractivity contribution in [1.82, 2.24) is 4.98 Å². The number of rotatable bonds is 3. The SMILES string of the molecule is Cc1cc(OCc2ccc(N)cc2)ccn1. The third-order valence-electron chi connectivity index (χ3n) is 2.25. The summed E-state index contributed by atoms with van der Waals surface area (Å²) >= 11 is 0. The molecule has 0 fully saturated rings. The summed E-state index contributed by atoms with van der Waals surface area (Å²) in [7, 11) is 0. The van der Waals surface area contributed by atoms with Gasteiger partial charge >= 0.3 is 0 Å². The number of hydrogen-bond donors (Lipinski definition) is 1. The summed E-state index contributed by atoms with van der Waals surface area (Å²) < 4.78 is 5.63. The molecule has 3 heteroatoms. The minimum Gasteiger partial charge on any atom is -0.489 e. The molecule has 0 amide bonds. The van der Waals surface area contributed by atoms with E-state index >= 15 is 0 Å². The van der Waals surface area contributed by atoms with Gasteiger partial charge in [0.1, 0.15) is 12.4 Å². The van der Waals surface area contributed by atoms with E-state index in [1.165, 1.54) is 0 Å². The van der Waals surface area contributed by atoms with Crippen molar-refractivity contribution in [3.05, 3.63) is 53.9 Å². The van der Waals surface area contributed by atoms with E-state index in [2.05, 4.69) is 4.98 Å². The average Bonchev–Trinajstić information content (AvgIpc) is 2.28. The molecule has 0 aliphatic carbocycles. The Bertz CT molecular complexity index is 466. The molecule has 82 valence electrons. The van der Waals surface area contributed by atoms with Gasteiger partial charge in [-0.05, 0) is 30.7 Å². The van der Waals surface area contributed by atoms with Crippen LogP contribution >= 0.6 is 0 Å². The van der Waals surface area contributed by atoms with Crippen LogP contribution in [0.1, 0.15) is 11.3 Å².